The number of ether oxygens (including phenoxy) is 2. The van der Waals surface area contributed by atoms with Gasteiger partial charge >= 0.3 is 19.8 Å². The van der Waals surface area contributed by atoms with Crippen LogP contribution in [0, 0.1) is 0 Å². The van der Waals surface area contributed by atoms with Crippen molar-refractivity contribution in [2.45, 2.75) is 142 Å². The van der Waals surface area contributed by atoms with E-state index < -0.39 is 45.1 Å². The Hall–Kier alpha value is -3.11. The molecule has 0 saturated carbocycles. The van der Waals surface area contributed by atoms with E-state index in [1.54, 1.807) is 6.08 Å². The number of aliphatic carboxylic acids is 1. The molecule has 0 amide bonds. The van der Waals surface area contributed by atoms with Gasteiger partial charge in [-0.1, -0.05) is 150 Å². The lowest BCUT2D eigenvalue weighted by molar-refractivity contribution is -0.153. The van der Waals surface area contributed by atoms with Crippen LogP contribution in [-0.2, 0) is 32.7 Å². The molecule has 0 rings (SSSR count). The summed E-state index contributed by atoms with van der Waals surface area (Å²) in [6.45, 7) is 3.48. The number of unbranched alkanes of at least 4 members (excludes halogenated alkanes) is 8. The highest BCUT2D eigenvalue weighted by Crippen LogP contribution is 2.43. The standard InChI is InChI=1S/C44H72NO9P/c1-3-5-7-9-11-13-15-17-19-20-21-23-25-27-29-31-33-35-37-51-38-41(39-52-55(49,50)53-40-42(45)44(47)48)54-43(46)36-34-32-30-28-26-24-22-18-16-14-12-10-8-6-4-2/h5-8,11-14,17-19,22,26,28,32,34,41-42H,3-4,9-10,15-16,20-21,23-25,27,29-31,33,35-40,45H2,1-2H3,(H,47,48)(H,49,50)/b7-5-,8-6-,13-11-,14-12-,19-17-,22-18-,28-26-,34-32-. The molecule has 11 heteroatoms. The van der Waals surface area contributed by atoms with Gasteiger partial charge in [0.2, 0.25) is 0 Å². The minimum absolute atomic E-state index is 0.0104. The normalized spacial score (nSPS) is 15.0. The van der Waals surface area contributed by atoms with Crippen LogP contribution in [0.15, 0.2) is 97.2 Å². The lowest BCUT2D eigenvalue weighted by Crippen LogP contribution is -2.34. The van der Waals surface area contributed by atoms with Gasteiger partial charge in [-0.2, -0.15) is 0 Å². The zero-order chi connectivity index (χ0) is 40.5. The van der Waals surface area contributed by atoms with Crippen molar-refractivity contribution in [2.75, 3.05) is 26.4 Å². The van der Waals surface area contributed by atoms with Gasteiger partial charge in [-0.25, -0.2) is 4.57 Å². The Labute approximate surface area is 332 Å². The van der Waals surface area contributed by atoms with Crippen LogP contribution < -0.4 is 5.73 Å². The fraction of sp³-hybridized carbons (Fsp3) is 0.591. The minimum atomic E-state index is -4.65. The Morgan fingerprint density at radius 2 is 1.00 bits per heavy atom. The first-order valence-electron chi connectivity index (χ1n) is 20.3. The third-order valence-electron chi connectivity index (χ3n) is 7.89. The summed E-state index contributed by atoms with van der Waals surface area (Å²) in [6.07, 6.45) is 50.6. The number of carbonyl (C=O) groups excluding carboxylic acids is 1. The van der Waals surface area contributed by atoms with Gasteiger partial charge in [0.1, 0.15) is 12.1 Å². The third-order valence-corrected chi connectivity index (χ3v) is 8.84. The molecule has 0 spiro atoms. The maximum absolute atomic E-state index is 12.5. The molecule has 4 N–H and O–H groups in total. The van der Waals surface area contributed by atoms with Crippen LogP contribution in [0.4, 0.5) is 0 Å². The first kappa shape index (κ1) is 51.9. The van der Waals surface area contributed by atoms with Crippen LogP contribution in [-0.4, -0.2) is 60.5 Å². The zero-order valence-electron chi connectivity index (χ0n) is 33.7. The van der Waals surface area contributed by atoms with Crippen molar-refractivity contribution in [1.29, 1.82) is 0 Å². The Morgan fingerprint density at radius 1 is 0.582 bits per heavy atom. The van der Waals surface area contributed by atoms with Crippen molar-refractivity contribution < 1.29 is 42.7 Å². The predicted molar refractivity (Wildman–Crippen MR) is 226 cm³/mol. The summed E-state index contributed by atoms with van der Waals surface area (Å²) in [6, 6.07) is -1.49. The molecule has 10 nitrogen and oxygen atoms in total. The summed E-state index contributed by atoms with van der Waals surface area (Å²) in [5, 5.41) is 8.88. The van der Waals surface area contributed by atoms with E-state index in [-0.39, 0.29) is 13.0 Å². The summed E-state index contributed by atoms with van der Waals surface area (Å²) < 4.78 is 33.1. The number of phosphoric acid groups is 1. The molecule has 0 aliphatic rings. The smallest absolute Gasteiger partial charge is 0.472 e. The molecule has 0 bridgehead atoms. The average molecular weight is 790 g/mol. The van der Waals surface area contributed by atoms with Gasteiger partial charge in [-0.05, 0) is 70.6 Å². The molecule has 0 radical (unpaired) electrons. The summed E-state index contributed by atoms with van der Waals surface area (Å²) in [5.74, 6) is -1.93. The number of carboxylic acid groups (broad SMARTS) is 1. The second-order valence-electron chi connectivity index (χ2n) is 13.0. The summed E-state index contributed by atoms with van der Waals surface area (Å²) in [7, 11) is -4.65. The fourth-order valence-electron chi connectivity index (χ4n) is 4.81. The number of hydrogen-bond donors (Lipinski definition) is 3. The number of phosphoric ester groups is 1. The molecule has 0 fully saturated rings. The fourth-order valence-corrected chi connectivity index (χ4v) is 5.59. The maximum atomic E-state index is 12.5. The van der Waals surface area contributed by atoms with E-state index >= 15 is 0 Å². The molecule has 0 aromatic rings. The summed E-state index contributed by atoms with van der Waals surface area (Å²) in [4.78, 5) is 33.4. The minimum Gasteiger partial charge on any atom is -0.480 e. The van der Waals surface area contributed by atoms with Crippen LogP contribution in [0.5, 0.6) is 0 Å². The molecule has 0 heterocycles. The lowest BCUT2D eigenvalue weighted by atomic mass is 10.1. The van der Waals surface area contributed by atoms with Crippen molar-refractivity contribution in [3.63, 3.8) is 0 Å². The Balaban J connectivity index is 4.42. The Kier molecular flexibility index (Phi) is 36.9. The molecule has 312 valence electrons. The van der Waals surface area contributed by atoms with Gasteiger partial charge in [-0.15, -0.1) is 0 Å². The SMILES string of the molecule is CC/C=C\C/C=C\C/C=C\C/C=C\C/C=C\CC(=O)OC(COCCCCCCCCCC/C=C\C/C=C\C/C=C\CC)COP(=O)(O)OCC(N)C(=O)O. The van der Waals surface area contributed by atoms with Gasteiger partial charge in [0.05, 0.1) is 26.2 Å². The topological polar surface area (TPSA) is 155 Å². The van der Waals surface area contributed by atoms with E-state index in [2.05, 4.69) is 97.4 Å². The van der Waals surface area contributed by atoms with Gasteiger partial charge in [0.25, 0.3) is 0 Å². The summed E-state index contributed by atoms with van der Waals surface area (Å²) >= 11 is 0. The highest BCUT2D eigenvalue weighted by molar-refractivity contribution is 7.47. The molecule has 3 unspecified atom stereocenters. The summed E-state index contributed by atoms with van der Waals surface area (Å²) in [5.41, 5.74) is 5.34. The maximum Gasteiger partial charge on any atom is 0.472 e. The molecule has 0 aliphatic carbocycles. The molecule has 55 heavy (non-hydrogen) atoms. The van der Waals surface area contributed by atoms with E-state index in [0.29, 0.717) is 13.0 Å². The zero-order valence-corrected chi connectivity index (χ0v) is 34.6. The quantitative estimate of drug-likeness (QED) is 0.0240. The van der Waals surface area contributed by atoms with E-state index in [4.69, 9.17) is 24.8 Å². The third kappa shape index (κ3) is 38.9. The van der Waals surface area contributed by atoms with Crippen LogP contribution in [0.2, 0.25) is 0 Å². The van der Waals surface area contributed by atoms with Crippen LogP contribution in [0.1, 0.15) is 129 Å². The number of carbonyl (C=O) groups is 2. The predicted octanol–water partition coefficient (Wildman–Crippen LogP) is 11.0. The molecule has 3 atom stereocenters. The van der Waals surface area contributed by atoms with Crippen LogP contribution >= 0.6 is 7.82 Å². The second kappa shape index (κ2) is 39.1. The van der Waals surface area contributed by atoms with Crippen molar-refractivity contribution in [3.8, 4) is 0 Å². The molecule has 0 saturated heterocycles. The molecular formula is C44H72NO9P. The van der Waals surface area contributed by atoms with Gasteiger partial charge in [-0.3, -0.25) is 18.6 Å². The molecule has 0 aromatic carbocycles. The number of carboxylic acids is 1. The molecule has 0 aliphatic heterocycles. The van der Waals surface area contributed by atoms with E-state index in [1.165, 1.54) is 32.1 Å². The number of hydrogen-bond acceptors (Lipinski definition) is 8. The van der Waals surface area contributed by atoms with Crippen LogP contribution in [0.25, 0.3) is 0 Å². The van der Waals surface area contributed by atoms with Crippen LogP contribution in [0.3, 0.4) is 0 Å². The second-order valence-corrected chi connectivity index (χ2v) is 14.5. The molecule has 0 aromatic heterocycles. The average Bonchev–Trinajstić information content (AvgIpc) is 3.16. The largest absolute Gasteiger partial charge is 0.480 e. The first-order chi connectivity index (χ1) is 26.7. The Bertz CT molecular complexity index is 1240. The number of rotatable bonds is 37. The van der Waals surface area contributed by atoms with Crippen molar-refractivity contribution in [3.05, 3.63) is 97.2 Å². The molecular weight excluding hydrogens is 717 g/mol. The Morgan fingerprint density at radius 3 is 1.49 bits per heavy atom. The van der Waals surface area contributed by atoms with E-state index in [1.807, 2.05) is 12.2 Å². The van der Waals surface area contributed by atoms with Gasteiger partial charge in [0, 0.05) is 6.61 Å². The lowest BCUT2D eigenvalue weighted by Gasteiger charge is -2.20. The van der Waals surface area contributed by atoms with Crippen molar-refractivity contribution in [2.24, 2.45) is 5.73 Å². The monoisotopic (exact) mass is 789 g/mol. The van der Waals surface area contributed by atoms with Gasteiger partial charge in [0.15, 0.2) is 0 Å². The van der Waals surface area contributed by atoms with E-state index in [9.17, 15) is 19.0 Å². The van der Waals surface area contributed by atoms with E-state index in [0.717, 1.165) is 70.6 Å². The number of nitrogens with two attached hydrogens (primary N) is 1. The number of esters is 1. The first-order valence-corrected chi connectivity index (χ1v) is 21.8. The number of allylic oxidation sites excluding steroid dienone is 15. The van der Waals surface area contributed by atoms with Crippen molar-refractivity contribution >= 4 is 19.8 Å². The highest BCUT2D eigenvalue weighted by Gasteiger charge is 2.27. The highest BCUT2D eigenvalue weighted by atomic mass is 31.2. The van der Waals surface area contributed by atoms with Crippen molar-refractivity contribution in [1.82, 2.24) is 0 Å². The van der Waals surface area contributed by atoms with Gasteiger partial charge < -0.3 is 25.2 Å².